The van der Waals surface area contributed by atoms with Gasteiger partial charge in [0.1, 0.15) is 17.2 Å². The van der Waals surface area contributed by atoms with Gasteiger partial charge in [-0.05, 0) is 74.5 Å². The molecule has 2 nitrogen and oxygen atoms in total. The number of benzene rings is 1. The van der Waals surface area contributed by atoms with Crippen molar-refractivity contribution >= 4 is 22.7 Å². The molecule has 1 heterocycles. The molecule has 2 aromatic rings. The maximum Gasteiger partial charge on any atom is 0.124 e. The minimum atomic E-state index is -0.199. The van der Waals surface area contributed by atoms with Crippen LogP contribution in [0.5, 0.6) is 0 Å². The number of aromatic nitrogens is 2. The van der Waals surface area contributed by atoms with Crippen LogP contribution in [-0.2, 0) is 0 Å². The van der Waals surface area contributed by atoms with Crippen molar-refractivity contribution in [2.45, 2.75) is 48.3 Å². The van der Waals surface area contributed by atoms with Gasteiger partial charge in [0.05, 0.1) is 5.52 Å². The number of hydrogen-bond acceptors (Lipinski definition) is 3. The zero-order chi connectivity index (χ0) is 14.7. The van der Waals surface area contributed by atoms with Gasteiger partial charge in [0, 0.05) is 10.1 Å². The Kier molecular flexibility index (Phi) is 2.82. The molecule has 0 spiro atoms. The summed E-state index contributed by atoms with van der Waals surface area (Å²) in [5, 5.41) is 1.86. The van der Waals surface area contributed by atoms with Crippen LogP contribution in [0.1, 0.15) is 38.5 Å². The van der Waals surface area contributed by atoms with Crippen LogP contribution in [0.4, 0.5) is 4.39 Å². The first-order chi connectivity index (χ1) is 10.7. The third kappa shape index (κ3) is 2.07. The molecule has 4 aliphatic carbocycles. The van der Waals surface area contributed by atoms with Crippen molar-refractivity contribution < 1.29 is 4.39 Å². The Morgan fingerprint density at radius 2 is 1.68 bits per heavy atom. The molecule has 22 heavy (non-hydrogen) atoms. The van der Waals surface area contributed by atoms with Crippen LogP contribution >= 0.6 is 11.8 Å². The summed E-state index contributed by atoms with van der Waals surface area (Å²) >= 11 is 1.92. The van der Waals surface area contributed by atoms with Gasteiger partial charge in [-0.2, -0.15) is 0 Å². The minimum absolute atomic E-state index is 0.199. The molecule has 1 aromatic carbocycles. The molecular formula is C18H19FN2S. The molecule has 0 amide bonds. The van der Waals surface area contributed by atoms with Crippen LogP contribution in [-0.4, -0.2) is 14.7 Å². The van der Waals surface area contributed by atoms with Gasteiger partial charge in [-0.3, -0.25) is 0 Å². The lowest BCUT2D eigenvalue weighted by atomic mass is 9.56. The van der Waals surface area contributed by atoms with E-state index in [4.69, 9.17) is 0 Å². The van der Waals surface area contributed by atoms with E-state index < -0.39 is 0 Å². The molecule has 0 atom stereocenters. The lowest BCUT2D eigenvalue weighted by molar-refractivity contribution is 0.0383. The Bertz CT molecular complexity index is 710. The fraction of sp³-hybridized carbons (Fsp3) is 0.556. The van der Waals surface area contributed by atoms with Crippen LogP contribution < -0.4 is 0 Å². The predicted octanol–water partition coefficient (Wildman–Crippen LogP) is 4.83. The van der Waals surface area contributed by atoms with Crippen LogP contribution in [0.15, 0.2) is 29.6 Å². The summed E-state index contributed by atoms with van der Waals surface area (Å²) in [6.07, 6.45) is 9.93. The molecule has 6 rings (SSSR count). The molecule has 114 valence electrons. The predicted molar refractivity (Wildman–Crippen MR) is 86.3 cm³/mol. The first-order valence-corrected chi connectivity index (χ1v) is 9.10. The molecule has 4 aliphatic rings. The van der Waals surface area contributed by atoms with E-state index in [-0.39, 0.29) is 5.82 Å². The maximum absolute atomic E-state index is 13.7. The number of halogens is 1. The molecule has 0 N–H and O–H groups in total. The highest BCUT2D eigenvalue weighted by molar-refractivity contribution is 8.00. The molecule has 4 heteroatoms. The molecule has 1 aromatic heterocycles. The maximum atomic E-state index is 13.7. The van der Waals surface area contributed by atoms with Gasteiger partial charge >= 0.3 is 0 Å². The number of rotatable bonds is 2. The SMILES string of the molecule is Fc1ccc2ncnc(SC34CC5CC(CC(C5)C3)C4)c2c1. The number of nitrogens with zero attached hydrogens (tertiary/aromatic N) is 2. The van der Waals surface area contributed by atoms with Crippen molar-refractivity contribution in [2.24, 2.45) is 17.8 Å². The van der Waals surface area contributed by atoms with Crippen LogP contribution in [0, 0.1) is 23.6 Å². The molecule has 4 fully saturated rings. The molecule has 4 bridgehead atoms. The Balaban J connectivity index is 1.55. The smallest absolute Gasteiger partial charge is 0.124 e. The topological polar surface area (TPSA) is 25.8 Å². The molecular weight excluding hydrogens is 295 g/mol. The van der Waals surface area contributed by atoms with Crippen molar-refractivity contribution in [3.05, 3.63) is 30.3 Å². The second-order valence-corrected chi connectivity index (χ2v) is 9.00. The van der Waals surface area contributed by atoms with Crippen molar-refractivity contribution in [2.75, 3.05) is 0 Å². The summed E-state index contributed by atoms with van der Waals surface area (Å²) in [6, 6.07) is 4.84. The van der Waals surface area contributed by atoms with Gasteiger partial charge in [-0.15, -0.1) is 0 Å². The van der Waals surface area contributed by atoms with E-state index in [1.807, 2.05) is 11.8 Å². The van der Waals surface area contributed by atoms with Crippen LogP contribution in [0.25, 0.3) is 10.9 Å². The Labute approximate surface area is 133 Å². The lowest BCUT2D eigenvalue weighted by Gasteiger charge is -2.56. The van der Waals surface area contributed by atoms with Crippen molar-refractivity contribution in [1.29, 1.82) is 0 Å². The van der Waals surface area contributed by atoms with E-state index in [0.29, 0.717) is 4.75 Å². The summed E-state index contributed by atoms with van der Waals surface area (Å²) in [4.78, 5) is 8.80. The van der Waals surface area contributed by atoms with Gasteiger partial charge in [-0.25, -0.2) is 14.4 Å². The second kappa shape index (κ2) is 4.67. The second-order valence-electron chi connectivity index (χ2n) is 7.54. The van der Waals surface area contributed by atoms with Crippen molar-refractivity contribution in [3.8, 4) is 0 Å². The highest BCUT2D eigenvalue weighted by Crippen LogP contribution is 2.62. The van der Waals surface area contributed by atoms with Crippen molar-refractivity contribution in [3.63, 3.8) is 0 Å². The fourth-order valence-electron chi connectivity index (χ4n) is 5.45. The number of fused-ring (bicyclic) bond motifs is 1. The fourth-order valence-corrected chi connectivity index (χ4v) is 7.19. The average molecular weight is 314 g/mol. The van der Waals surface area contributed by atoms with Gasteiger partial charge in [0.15, 0.2) is 0 Å². The number of thioether (sulfide) groups is 1. The van der Waals surface area contributed by atoms with Gasteiger partial charge in [0.25, 0.3) is 0 Å². The summed E-state index contributed by atoms with van der Waals surface area (Å²) in [5.74, 6) is 2.56. The molecule has 0 aliphatic heterocycles. The third-order valence-electron chi connectivity index (χ3n) is 5.86. The quantitative estimate of drug-likeness (QED) is 0.743. The van der Waals surface area contributed by atoms with Gasteiger partial charge < -0.3 is 0 Å². The highest BCUT2D eigenvalue weighted by atomic mass is 32.2. The zero-order valence-corrected chi connectivity index (χ0v) is 13.3. The highest BCUT2D eigenvalue weighted by Gasteiger charge is 2.51. The first kappa shape index (κ1) is 13.3. The van der Waals surface area contributed by atoms with E-state index in [1.54, 1.807) is 18.5 Å². The lowest BCUT2D eigenvalue weighted by Crippen LogP contribution is -2.48. The van der Waals surface area contributed by atoms with Crippen LogP contribution in [0.3, 0.4) is 0 Å². The minimum Gasteiger partial charge on any atom is -0.236 e. The normalized spacial score (nSPS) is 36.1. The summed E-state index contributed by atoms with van der Waals surface area (Å²) in [7, 11) is 0. The van der Waals surface area contributed by atoms with E-state index in [0.717, 1.165) is 33.7 Å². The Morgan fingerprint density at radius 3 is 2.36 bits per heavy atom. The Hall–Kier alpha value is -1.16. The third-order valence-corrected chi connectivity index (χ3v) is 7.31. The number of hydrogen-bond donors (Lipinski definition) is 0. The summed E-state index contributed by atoms with van der Waals surface area (Å²) in [6.45, 7) is 0. The first-order valence-electron chi connectivity index (χ1n) is 8.28. The average Bonchev–Trinajstić information content (AvgIpc) is 2.46. The molecule has 4 saturated carbocycles. The van der Waals surface area contributed by atoms with E-state index >= 15 is 0 Å². The Morgan fingerprint density at radius 1 is 1.00 bits per heavy atom. The van der Waals surface area contributed by atoms with E-state index in [9.17, 15) is 4.39 Å². The largest absolute Gasteiger partial charge is 0.236 e. The standard InChI is InChI=1S/C18H19FN2S/c19-14-1-2-16-15(6-14)17(21-10-20-16)22-18-7-11-3-12(8-18)5-13(4-11)9-18/h1-2,6,10-13H,3-5,7-9H2. The summed E-state index contributed by atoms with van der Waals surface area (Å²) < 4.78 is 14.0. The zero-order valence-electron chi connectivity index (χ0n) is 12.5. The van der Waals surface area contributed by atoms with E-state index in [1.165, 1.54) is 44.6 Å². The van der Waals surface area contributed by atoms with Crippen molar-refractivity contribution in [1.82, 2.24) is 9.97 Å². The molecule has 0 radical (unpaired) electrons. The summed E-state index contributed by atoms with van der Waals surface area (Å²) in [5.41, 5.74) is 0.851. The van der Waals surface area contributed by atoms with Gasteiger partial charge in [0.2, 0.25) is 0 Å². The molecule has 0 unspecified atom stereocenters. The monoisotopic (exact) mass is 314 g/mol. The molecule has 0 saturated heterocycles. The van der Waals surface area contributed by atoms with Crippen LogP contribution in [0.2, 0.25) is 0 Å². The van der Waals surface area contributed by atoms with Gasteiger partial charge in [-0.1, -0.05) is 11.8 Å². The van der Waals surface area contributed by atoms with E-state index in [2.05, 4.69) is 9.97 Å².